The lowest BCUT2D eigenvalue weighted by atomic mass is 10.1. The Morgan fingerprint density at radius 2 is 1.95 bits per heavy atom. The molecule has 1 aromatic carbocycles. The lowest BCUT2D eigenvalue weighted by Crippen LogP contribution is -2.24. The van der Waals surface area contributed by atoms with Gasteiger partial charge in [0, 0.05) is 11.9 Å². The van der Waals surface area contributed by atoms with Crippen molar-refractivity contribution in [3.05, 3.63) is 51.2 Å². The van der Waals surface area contributed by atoms with E-state index in [0.717, 1.165) is 29.3 Å². The van der Waals surface area contributed by atoms with Gasteiger partial charge in [0.2, 0.25) is 0 Å². The molecule has 0 aliphatic carbocycles. The van der Waals surface area contributed by atoms with Gasteiger partial charge >= 0.3 is 0 Å². The number of halogens is 3. The van der Waals surface area contributed by atoms with Crippen LogP contribution in [0.4, 0.5) is 13.2 Å². The van der Waals surface area contributed by atoms with Crippen molar-refractivity contribution >= 4 is 11.3 Å². The van der Waals surface area contributed by atoms with Crippen LogP contribution in [0.25, 0.3) is 0 Å². The summed E-state index contributed by atoms with van der Waals surface area (Å²) in [6, 6.07) is 1.07. The van der Waals surface area contributed by atoms with Crippen molar-refractivity contribution in [2.45, 2.75) is 25.9 Å². The highest BCUT2D eigenvalue weighted by molar-refractivity contribution is 7.09. The number of rotatable bonds is 6. The molecule has 1 atom stereocenters. The summed E-state index contributed by atoms with van der Waals surface area (Å²) >= 11 is 1.53. The molecule has 21 heavy (non-hydrogen) atoms. The van der Waals surface area contributed by atoms with Crippen LogP contribution >= 0.6 is 11.3 Å². The number of benzene rings is 1. The molecule has 0 amide bonds. The van der Waals surface area contributed by atoms with Crippen LogP contribution in [0.3, 0.4) is 0 Å². The Bertz CT molecular complexity index is 595. The van der Waals surface area contributed by atoms with Crippen molar-refractivity contribution in [1.82, 2.24) is 10.3 Å². The van der Waals surface area contributed by atoms with Crippen LogP contribution in [0.2, 0.25) is 0 Å². The van der Waals surface area contributed by atoms with Crippen LogP contribution in [-0.4, -0.2) is 16.7 Å². The molecule has 0 aliphatic heterocycles. The first-order valence-electron chi connectivity index (χ1n) is 6.47. The fourth-order valence-corrected chi connectivity index (χ4v) is 2.63. The summed E-state index contributed by atoms with van der Waals surface area (Å²) in [6.45, 7) is 1.98. The van der Waals surface area contributed by atoms with Gasteiger partial charge in [0.1, 0.15) is 0 Å². The molecule has 2 aromatic rings. The number of aromatic nitrogens is 1. The van der Waals surface area contributed by atoms with Gasteiger partial charge in [-0.25, -0.2) is 18.2 Å². The van der Waals surface area contributed by atoms with Gasteiger partial charge in [-0.1, -0.05) is 6.92 Å². The first-order chi connectivity index (χ1) is 10.0. The quantitative estimate of drug-likeness (QED) is 0.806. The zero-order chi connectivity index (χ0) is 15.4. The number of aliphatic hydroxyl groups is 1. The summed E-state index contributed by atoms with van der Waals surface area (Å²) in [7, 11) is 0. The van der Waals surface area contributed by atoms with Gasteiger partial charge in [0.15, 0.2) is 17.5 Å². The molecule has 1 unspecified atom stereocenters. The van der Waals surface area contributed by atoms with Crippen molar-refractivity contribution in [1.29, 1.82) is 0 Å². The topological polar surface area (TPSA) is 45.2 Å². The normalized spacial score (nSPS) is 12.6. The molecule has 1 aromatic heterocycles. The van der Waals surface area contributed by atoms with Crippen LogP contribution in [0.5, 0.6) is 0 Å². The fraction of sp³-hybridized carbons (Fsp3) is 0.357. The Kier molecular flexibility index (Phi) is 5.33. The Hall–Kier alpha value is -1.44. The Morgan fingerprint density at radius 3 is 2.48 bits per heavy atom. The van der Waals surface area contributed by atoms with E-state index in [-0.39, 0.29) is 12.2 Å². The summed E-state index contributed by atoms with van der Waals surface area (Å²) in [5.74, 6) is -4.05. The van der Waals surface area contributed by atoms with Crippen molar-refractivity contribution in [2.24, 2.45) is 0 Å². The third kappa shape index (κ3) is 3.81. The van der Waals surface area contributed by atoms with E-state index < -0.39 is 23.5 Å². The maximum atomic E-state index is 13.2. The molecule has 0 spiro atoms. The highest BCUT2D eigenvalue weighted by Crippen LogP contribution is 2.20. The van der Waals surface area contributed by atoms with Gasteiger partial charge in [0.05, 0.1) is 23.4 Å². The van der Waals surface area contributed by atoms with Crippen LogP contribution < -0.4 is 5.32 Å². The predicted molar refractivity (Wildman–Crippen MR) is 74.5 cm³/mol. The minimum Gasteiger partial charge on any atom is -0.394 e. The maximum Gasteiger partial charge on any atom is 0.194 e. The molecule has 114 valence electrons. The average Bonchev–Trinajstić information content (AvgIpc) is 2.93. The zero-order valence-corrected chi connectivity index (χ0v) is 12.2. The van der Waals surface area contributed by atoms with E-state index in [1.54, 1.807) is 0 Å². The van der Waals surface area contributed by atoms with Crippen molar-refractivity contribution in [3.63, 3.8) is 0 Å². The van der Waals surface area contributed by atoms with Gasteiger partial charge in [-0.05, 0) is 24.1 Å². The van der Waals surface area contributed by atoms with Crippen LogP contribution in [0.15, 0.2) is 17.5 Å². The van der Waals surface area contributed by atoms with Gasteiger partial charge in [-0.15, -0.1) is 11.3 Å². The second-order valence-corrected chi connectivity index (χ2v) is 5.44. The molecule has 2 rings (SSSR count). The van der Waals surface area contributed by atoms with Gasteiger partial charge in [-0.3, -0.25) is 0 Å². The average molecular weight is 316 g/mol. The molecule has 0 radical (unpaired) electrons. The third-order valence-corrected chi connectivity index (χ3v) is 4.06. The van der Waals surface area contributed by atoms with E-state index in [9.17, 15) is 18.3 Å². The minimum atomic E-state index is -1.51. The molecule has 2 N–H and O–H groups in total. The highest BCUT2D eigenvalue weighted by atomic mass is 32.1. The molecule has 1 heterocycles. The number of hydrogen-bond donors (Lipinski definition) is 2. The van der Waals surface area contributed by atoms with Crippen molar-refractivity contribution < 1.29 is 18.3 Å². The van der Waals surface area contributed by atoms with Crippen LogP contribution in [0, 0.1) is 17.5 Å². The summed E-state index contributed by atoms with van der Waals surface area (Å²) in [5, 5.41) is 15.2. The summed E-state index contributed by atoms with van der Waals surface area (Å²) in [6.07, 6.45) is 0.836. The second-order valence-electron chi connectivity index (χ2n) is 4.50. The Morgan fingerprint density at radius 1 is 1.29 bits per heavy atom. The summed E-state index contributed by atoms with van der Waals surface area (Å²) in [4.78, 5) is 4.34. The number of aryl methyl sites for hydroxylation is 1. The number of nitrogens with one attached hydrogen (secondary N) is 1. The van der Waals surface area contributed by atoms with Crippen molar-refractivity contribution in [2.75, 3.05) is 6.61 Å². The minimum absolute atomic E-state index is 0.153. The lowest BCUT2D eigenvalue weighted by molar-refractivity contribution is 0.242. The molecule has 0 saturated carbocycles. The van der Waals surface area contributed by atoms with E-state index in [2.05, 4.69) is 10.3 Å². The van der Waals surface area contributed by atoms with E-state index in [1.165, 1.54) is 11.3 Å². The molecule has 0 bridgehead atoms. The zero-order valence-electron chi connectivity index (χ0n) is 11.4. The summed E-state index contributed by atoms with van der Waals surface area (Å²) in [5.41, 5.74) is 0.943. The molecule has 7 heteroatoms. The van der Waals surface area contributed by atoms with Crippen molar-refractivity contribution in [3.8, 4) is 0 Å². The number of nitrogens with zero attached hydrogens (tertiary/aromatic N) is 1. The molecule has 3 nitrogen and oxygen atoms in total. The number of hydrogen-bond acceptors (Lipinski definition) is 4. The smallest absolute Gasteiger partial charge is 0.194 e. The monoisotopic (exact) mass is 316 g/mol. The Balaban J connectivity index is 2.09. The second kappa shape index (κ2) is 7.02. The summed E-state index contributed by atoms with van der Waals surface area (Å²) < 4.78 is 39.4. The molecule has 0 saturated heterocycles. The lowest BCUT2D eigenvalue weighted by Gasteiger charge is -2.16. The number of thiazole rings is 1. The van der Waals surface area contributed by atoms with Crippen LogP contribution in [0.1, 0.15) is 29.2 Å². The standard InChI is InChI=1S/C14H15F3N2OS/c1-2-13-19-9(7-21-13)5-18-12(6-20)8-3-10(15)14(17)11(16)4-8/h3-4,7,12,18,20H,2,5-6H2,1H3. The Labute approximate surface area is 124 Å². The van der Waals surface area contributed by atoms with Crippen LogP contribution in [-0.2, 0) is 13.0 Å². The maximum absolute atomic E-state index is 13.2. The largest absolute Gasteiger partial charge is 0.394 e. The predicted octanol–water partition coefficient (Wildman–Crippen LogP) is 2.95. The van der Waals surface area contributed by atoms with E-state index in [4.69, 9.17) is 0 Å². The first-order valence-corrected chi connectivity index (χ1v) is 7.35. The fourth-order valence-electron chi connectivity index (χ4n) is 1.88. The number of aliphatic hydroxyl groups excluding tert-OH is 1. The molecular weight excluding hydrogens is 301 g/mol. The highest BCUT2D eigenvalue weighted by Gasteiger charge is 2.17. The van der Waals surface area contributed by atoms with E-state index in [1.807, 2.05) is 12.3 Å². The van der Waals surface area contributed by atoms with E-state index >= 15 is 0 Å². The third-order valence-electron chi connectivity index (χ3n) is 3.02. The molecular formula is C14H15F3N2OS. The van der Waals surface area contributed by atoms with Gasteiger partial charge in [0.25, 0.3) is 0 Å². The SMILES string of the molecule is CCc1nc(CNC(CO)c2cc(F)c(F)c(F)c2)cs1. The van der Waals surface area contributed by atoms with Gasteiger partial charge in [-0.2, -0.15) is 0 Å². The van der Waals surface area contributed by atoms with Gasteiger partial charge < -0.3 is 10.4 Å². The first kappa shape index (κ1) is 15.9. The van der Waals surface area contributed by atoms with E-state index in [0.29, 0.717) is 6.54 Å². The molecule has 0 aliphatic rings. The molecule has 0 fully saturated rings.